The van der Waals surface area contributed by atoms with Gasteiger partial charge in [-0.15, -0.1) is 0 Å². The highest BCUT2D eigenvalue weighted by molar-refractivity contribution is 5.89. The summed E-state index contributed by atoms with van der Waals surface area (Å²) >= 11 is 0. The molecule has 1 aromatic carbocycles. The van der Waals surface area contributed by atoms with E-state index in [0.717, 1.165) is 25.2 Å². The van der Waals surface area contributed by atoms with Crippen LogP contribution in [0.5, 0.6) is 0 Å². The fourth-order valence-corrected chi connectivity index (χ4v) is 8.32. The van der Waals surface area contributed by atoms with Gasteiger partial charge >= 0.3 is 5.97 Å². The van der Waals surface area contributed by atoms with E-state index in [1.165, 1.54) is 36.8 Å². The molecule has 0 bridgehead atoms. The maximum Gasteiger partial charge on any atom is 0.338 e. The summed E-state index contributed by atoms with van der Waals surface area (Å²) in [6, 6.07) is 9.42. The summed E-state index contributed by atoms with van der Waals surface area (Å²) in [5.41, 5.74) is 5.87. The van der Waals surface area contributed by atoms with Crippen LogP contribution in [0.15, 0.2) is 77.4 Å². The van der Waals surface area contributed by atoms with E-state index in [9.17, 15) is 4.79 Å². The van der Waals surface area contributed by atoms with E-state index in [1.807, 2.05) is 30.3 Å². The van der Waals surface area contributed by atoms with Gasteiger partial charge in [0.25, 0.3) is 0 Å². The summed E-state index contributed by atoms with van der Waals surface area (Å²) in [5, 5.41) is 0. The topological polar surface area (TPSA) is 26.3 Å². The van der Waals surface area contributed by atoms with E-state index in [-0.39, 0.29) is 17.5 Å². The zero-order valence-electron chi connectivity index (χ0n) is 22.9. The van der Waals surface area contributed by atoms with E-state index in [2.05, 4.69) is 65.0 Å². The van der Waals surface area contributed by atoms with Crippen LogP contribution in [-0.2, 0) is 4.74 Å². The summed E-state index contributed by atoms with van der Waals surface area (Å²) in [6.07, 6.45) is 20.1. The second-order valence-electron chi connectivity index (χ2n) is 12.7. The molecule has 0 unspecified atom stereocenters. The van der Waals surface area contributed by atoms with Gasteiger partial charge in [-0.3, -0.25) is 0 Å². The number of carbonyl (C=O) groups excluding carboxylic acids is 1. The quantitative estimate of drug-likeness (QED) is 0.308. The molecule has 3 saturated carbocycles. The molecule has 5 rings (SSSR count). The van der Waals surface area contributed by atoms with Gasteiger partial charge in [-0.1, -0.05) is 86.1 Å². The Hall–Kier alpha value is -2.35. The SMILES string of the molecule is CC(C)=CC=C[C@@H](C)[C@H]1CC[C@H]2C3=CC=C4C[C@@H](OC(=O)c5ccccc5)CC[C@]4(C)[C@H]3CC[C@]12C. The van der Waals surface area contributed by atoms with Crippen LogP contribution in [0.2, 0.25) is 0 Å². The second kappa shape index (κ2) is 9.84. The molecule has 3 fully saturated rings. The molecule has 0 aromatic heterocycles. The molecule has 0 aliphatic heterocycles. The van der Waals surface area contributed by atoms with Crippen LogP contribution in [0.1, 0.15) is 89.9 Å². The first-order valence-electron chi connectivity index (χ1n) is 14.2. The first-order valence-corrected chi connectivity index (χ1v) is 14.2. The zero-order chi connectivity index (χ0) is 25.5. The third kappa shape index (κ3) is 4.46. The Balaban J connectivity index is 1.32. The first-order chi connectivity index (χ1) is 17.2. The van der Waals surface area contributed by atoms with E-state index in [4.69, 9.17) is 4.74 Å². The number of ether oxygens (including phenoxy) is 1. The predicted octanol–water partition coefficient (Wildman–Crippen LogP) is 8.87. The van der Waals surface area contributed by atoms with E-state index in [1.54, 1.807) is 5.57 Å². The lowest BCUT2D eigenvalue weighted by atomic mass is 9.50. The zero-order valence-corrected chi connectivity index (χ0v) is 22.9. The average molecular weight is 485 g/mol. The largest absolute Gasteiger partial charge is 0.458 e. The number of rotatable bonds is 5. The van der Waals surface area contributed by atoms with Crippen molar-refractivity contribution in [3.63, 3.8) is 0 Å². The average Bonchev–Trinajstić information content (AvgIpc) is 3.22. The molecule has 0 spiro atoms. The molecule has 192 valence electrons. The van der Waals surface area contributed by atoms with E-state index < -0.39 is 0 Å². The Kier molecular flexibility index (Phi) is 6.92. The van der Waals surface area contributed by atoms with Crippen LogP contribution in [-0.4, -0.2) is 12.1 Å². The summed E-state index contributed by atoms with van der Waals surface area (Å²) in [4.78, 5) is 12.7. The van der Waals surface area contributed by atoms with Crippen molar-refractivity contribution in [3.05, 3.63) is 83.0 Å². The normalized spacial score (nSPS) is 36.1. The Bertz CT molecular complexity index is 1100. The summed E-state index contributed by atoms with van der Waals surface area (Å²) < 4.78 is 5.97. The molecule has 0 saturated heterocycles. The minimum atomic E-state index is -0.185. The maximum absolute atomic E-state index is 12.7. The van der Waals surface area contributed by atoms with Gasteiger partial charge in [0.15, 0.2) is 0 Å². The maximum atomic E-state index is 12.7. The predicted molar refractivity (Wildman–Crippen MR) is 149 cm³/mol. The number of fused-ring (bicyclic) bond motifs is 5. The van der Waals surface area contributed by atoms with Crippen LogP contribution in [0.4, 0.5) is 0 Å². The number of carbonyl (C=O) groups is 1. The standard InChI is InChI=1S/C34H44O2/c1-23(2)10-9-11-24(3)29-16-17-30-28-15-14-26-22-27(36-32(35)25-12-7-6-8-13-25)18-20-33(26,4)31(28)19-21-34(29,30)5/h6-15,24,27,29-31H,16-22H2,1-5H3/t24-,27+,29-,30+,31+,33+,34-/m1/s1. The first kappa shape index (κ1) is 25.3. The number of benzene rings is 1. The second-order valence-corrected chi connectivity index (χ2v) is 12.7. The van der Waals surface area contributed by atoms with Crippen molar-refractivity contribution in [2.75, 3.05) is 0 Å². The third-order valence-electron chi connectivity index (χ3n) is 10.4. The number of hydrogen-bond donors (Lipinski definition) is 0. The summed E-state index contributed by atoms with van der Waals surface area (Å²) in [5.74, 6) is 2.56. The lowest BCUT2D eigenvalue weighted by molar-refractivity contribution is 0.00692. The molecule has 36 heavy (non-hydrogen) atoms. The van der Waals surface area contributed by atoms with Crippen LogP contribution in [0.3, 0.4) is 0 Å². The lowest BCUT2D eigenvalue weighted by Crippen LogP contribution is -2.46. The minimum Gasteiger partial charge on any atom is -0.458 e. The van der Waals surface area contributed by atoms with Crippen molar-refractivity contribution in [1.29, 1.82) is 0 Å². The van der Waals surface area contributed by atoms with Crippen molar-refractivity contribution in [2.24, 2.45) is 34.5 Å². The van der Waals surface area contributed by atoms with Gasteiger partial charge in [0.05, 0.1) is 5.56 Å². The van der Waals surface area contributed by atoms with Crippen molar-refractivity contribution in [3.8, 4) is 0 Å². The highest BCUT2D eigenvalue weighted by atomic mass is 16.5. The molecular weight excluding hydrogens is 440 g/mol. The third-order valence-corrected chi connectivity index (χ3v) is 10.4. The van der Waals surface area contributed by atoms with Gasteiger partial charge in [0.1, 0.15) is 6.10 Å². The molecule has 0 heterocycles. The smallest absolute Gasteiger partial charge is 0.338 e. The van der Waals surface area contributed by atoms with E-state index >= 15 is 0 Å². The van der Waals surface area contributed by atoms with Crippen molar-refractivity contribution in [2.45, 2.75) is 85.7 Å². The van der Waals surface area contributed by atoms with Crippen molar-refractivity contribution in [1.82, 2.24) is 0 Å². The van der Waals surface area contributed by atoms with E-state index in [0.29, 0.717) is 28.7 Å². The fraction of sp³-hybridized carbons (Fsp3) is 0.559. The van der Waals surface area contributed by atoms with Crippen LogP contribution < -0.4 is 0 Å². The van der Waals surface area contributed by atoms with Gasteiger partial charge in [-0.05, 0) is 99.0 Å². The van der Waals surface area contributed by atoms with Crippen molar-refractivity contribution < 1.29 is 9.53 Å². The molecule has 4 aliphatic rings. The van der Waals surface area contributed by atoms with Gasteiger partial charge in [-0.2, -0.15) is 0 Å². The van der Waals surface area contributed by atoms with Gasteiger partial charge in [-0.25, -0.2) is 4.79 Å². The molecule has 7 atom stereocenters. The highest BCUT2D eigenvalue weighted by Crippen LogP contribution is 2.66. The minimum absolute atomic E-state index is 0.00913. The Morgan fingerprint density at radius 2 is 1.78 bits per heavy atom. The summed E-state index contributed by atoms with van der Waals surface area (Å²) in [7, 11) is 0. The Morgan fingerprint density at radius 1 is 1.00 bits per heavy atom. The molecule has 0 N–H and O–H groups in total. The molecule has 0 amide bonds. The summed E-state index contributed by atoms with van der Waals surface area (Å²) in [6.45, 7) is 11.9. The molecule has 4 aliphatic carbocycles. The molecular formula is C34H44O2. The van der Waals surface area contributed by atoms with Crippen LogP contribution in [0.25, 0.3) is 0 Å². The molecule has 2 nitrogen and oxygen atoms in total. The van der Waals surface area contributed by atoms with Crippen LogP contribution >= 0.6 is 0 Å². The van der Waals surface area contributed by atoms with Gasteiger partial charge in [0, 0.05) is 6.42 Å². The number of esters is 1. The molecule has 0 radical (unpaired) electrons. The fourth-order valence-electron chi connectivity index (χ4n) is 8.32. The Morgan fingerprint density at radius 3 is 2.53 bits per heavy atom. The van der Waals surface area contributed by atoms with Gasteiger partial charge < -0.3 is 4.74 Å². The number of hydrogen-bond acceptors (Lipinski definition) is 2. The van der Waals surface area contributed by atoms with Crippen molar-refractivity contribution >= 4 is 5.97 Å². The molecule has 2 heteroatoms. The molecule has 1 aromatic rings. The lowest BCUT2D eigenvalue weighted by Gasteiger charge is -2.55. The Labute approximate surface area is 218 Å². The monoisotopic (exact) mass is 484 g/mol. The van der Waals surface area contributed by atoms with Crippen LogP contribution in [0, 0.1) is 34.5 Å². The number of allylic oxidation sites excluding steroid dienone is 7. The van der Waals surface area contributed by atoms with Gasteiger partial charge in [0.2, 0.25) is 0 Å². The highest BCUT2D eigenvalue weighted by Gasteiger charge is 2.57.